The maximum Gasteiger partial charge on any atom is 0.156 e. The summed E-state index contributed by atoms with van der Waals surface area (Å²) in [5.41, 5.74) is 0.892. The van der Waals surface area contributed by atoms with Crippen molar-refractivity contribution in [1.29, 1.82) is 0 Å². The zero-order valence-corrected chi connectivity index (χ0v) is 11.0. The number of halogens is 1. The standard InChI is InChI=1S/C11H18ClNSi/c1-11(2,3)13-14(9-12)10-7-5-4-6-8-10/h4-8,13-14H,9H2,1-3H3. The molecular weight excluding hydrogens is 210 g/mol. The Labute approximate surface area is 93.2 Å². The lowest BCUT2D eigenvalue weighted by atomic mass is 10.1. The third-order valence-electron chi connectivity index (χ3n) is 1.96. The van der Waals surface area contributed by atoms with E-state index in [1.807, 2.05) is 6.07 Å². The minimum absolute atomic E-state index is 0.154. The summed E-state index contributed by atoms with van der Waals surface area (Å²) in [7, 11) is -1.18. The maximum atomic E-state index is 6.01. The molecule has 0 heterocycles. The summed E-state index contributed by atoms with van der Waals surface area (Å²) in [6.45, 7) is 6.55. The Morgan fingerprint density at radius 3 is 2.21 bits per heavy atom. The van der Waals surface area contributed by atoms with Gasteiger partial charge in [-0.25, -0.2) is 0 Å². The first-order valence-corrected chi connectivity index (χ1v) is 7.42. The quantitative estimate of drug-likeness (QED) is 0.614. The highest BCUT2D eigenvalue weighted by molar-refractivity contribution is 6.77. The van der Waals surface area contributed by atoms with Gasteiger partial charge in [-0.2, -0.15) is 0 Å². The summed E-state index contributed by atoms with van der Waals surface area (Å²) >= 11 is 6.01. The average Bonchev–Trinajstić information content (AvgIpc) is 2.14. The van der Waals surface area contributed by atoms with Gasteiger partial charge in [0.1, 0.15) is 0 Å². The molecule has 1 aromatic rings. The minimum atomic E-state index is -1.18. The van der Waals surface area contributed by atoms with Gasteiger partial charge in [0.25, 0.3) is 0 Å². The lowest BCUT2D eigenvalue weighted by Crippen LogP contribution is -2.54. The van der Waals surface area contributed by atoms with Gasteiger partial charge < -0.3 is 4.98 Å². The molecule has 1 aromatic carbocycles. The van der Waals surface area contributed by atoms with E-state index in [0.29, 0.717) is 0 Å². The van der Waals surface area contributed by atoms with E-state index in [-0.39, 0.29) is 5.54 Å². The Morgan fingerprint density at radius 1 is 1.21 bits per heavy atom. The molecule has 0 aromatic heterocycles. The monoisotopic (exact) mass is 227 g/mol. The van der Waals surface area contributed by atoms with Crippen LogP contribution in [-0.2, 0) is 0 Å². The number of nitrogens with one attached hydrogen (secondary N) is 1. The molecule has 1 unspecified atom stereocenters. The highest BCUT2D eigenvalue weighted by Gasteiger charge is 2.18. The Morgan fingerprint density at radius 2 is 1.79 bits per heavy atom. The zero-order chi connectivity index (χ0) is 10.6. The molecule has 0 fully saturated rings. The third-order valence-corrected chi connectivity index (χ3v) is 5.60. The molecule has 0 aliphatic carbocycles. The third kappa shape index (κ3) is 3.82. The molecule has 0 aliphatic heterocycles. The Bertz CT molecular complexity index is 268. The van der Waals surface area contributed by atoms with Crippen LogP contribution < -0.4 is 10.2 Å². The molecule has 1 atom stereocenters. The molecule has 1 N–H and O–H groups in total. The highest BCUT2D eigenvalue weighted by Crippen LogP contribution is 2.01. The van der Waals surface area contributed by atoms with Gasteiger partial charge in [-0.15, -0.1) is 11.6 Å². The number of alkyl halides is 1. The largest absolute Gasteiger partial charge is 0.331 e. The first-order chi connectivity index (χ1) is 6.53. The van der Waals surface area contributed by atoms with E-state index >= 15 is 0 Å². The average molecular weight is 228 g/mol. The lowest BCUT2D eigenvalue weighted by molar-refractivity contribution is 0.520. The topological polar surface area (TPSA) is 12.0 Å². The van der Waals surface area contributed by atoms with E-state index in [1.165, 1.54) is 5.19 Å². The summed E-state index contributed by atoms with van der Waals surface area (Å²) in [6.07, 6.45) is 0. The fourth-order valence-corrected chi connectivity index (χ4v) is 4.34. The van der Waals surface area contributed by atoms with Gasteiger partial charge in [-0.3, -0.25) is 0 Å². The number of benzene rings is 1. The van der Waals surface area contributed by atoms with Gasteiger partial charge in [0.15, 0.2) is 8.96 Å². The smallest absolute Gasteiger partial charge is 0.156 e. The number of hydrogen-bond acceptors (Lipinski definition) is 1. The molecular formula is C11H18ClNSi. The second-order valence-corrected chi connectivity index (χ2v) is 7.81. The van der Waals surface area contributed by atoms with Crippen molar-refractivity contribution in [2.45, 2.75) is 26.3 Å². The van der Waals surface area contributed by atoms with E-state index in [4.69, 9.17) is 11.6 Å². The van der Waals surface area contributed by atoms with Crippen LogP contribution in [0.4, 0.5) is 0 Å². The molecule has 0 saturated carbocycles. The lowest BCUT2D eigenvalue weighted by Gasteiger charge is -2.26. The highest BCUT2D eigenvalue weighted by atomic mass is 35.5. The van der Waals surface area contributed by atoms with Crippen LogP contribution in [0, 0.1) is 0 Å². The van der Waals surface area contributed by atoms with Crippen LogP contribution in [-0.4, -0.2) is 20.0 Å². The molecule has 0 radical (unpaired) electrons. The molecule has 0 amide bonds. The van der Waals surface area contributed by atoms with Crippen LogP contribution in [0.5, 0.6) is 0 Å². The van der Waals surface area contributed by atoms with E-state index in [2.05, 4.69) is 50.0 Å². The molecule has 0 saturated heterocycles. The predicted octanol–water partition coefficient (Wildman–Crippen LogP) is 1.78. The zero-order valence-electron chi connectivity index (χ0n) is 9.05. The fourth-order valence-electron chi connectivity index (χ4n) is 1.42. The predicted molar refractivity (Wildman–Crippen MR) is 66.8 cm³/mol. The van der Waals surface area contributed by atoms with Gasteiger partial charge in [-0.1, -0.05) is 30.3 Å². The summed E-state index contributed by atoms with van der Waals surface area (Å²) in [5, 5.41) is 1.39. The summed E-state index contributed by atoms with van der Waals surface area (Å²) < 4.78 is 0. The van der Waals surface area contributed by atoms with Crippen molar-refractivity contribution in [1.82, 2.24) is 4.98 Å². The van der Waals surface area contributed by atoms with Crippen LogP contribution in [0.2, 0.25) is 0 Å². The summed E-state index contributed by atoms with van der Waals surface area (Å²) in [5.74, 6) is 0. The van der Waals surface area contributed by atoms with Crippen molar-refractivity contribution in [3.63, 3.8) is 0 Å². The van der Waals surface area contributed by atoms with Crippen LogP contribution in [0.15, 0.2) is 30.3 Å². The molecule has 0 spiro atoms. The molecule has 78 valence electrons. The molecule has 3 heteroatoms. The second-order valence-electron chi connectivity index (χ2n) is 4.51. The molecule has 1 nitrogen and oxygen atoms in total. The molecule has 14 heavy (non-hydrogen) atoms. The van der Waals surface area contributed by atoms with Crippen molar-refractivity contribution >= 4 is 25.7 Å². The minimum Gasteiger partial charge on any atom is -0.331 e. The molecule has 0 aliphatic rings. The first-order valence-electron chi connectivity index (χ1n) is 4.91. The van der Waals surface area contributed by atoms with E-state index in [0.717, 1.165) is 5.50 Å². The van der Waals surface area contributed by atoms with Crippen LogP contribution >= 0.6 is 11.6 Å². The van der Waals surface area contributed by atoms with Crippen molar-refractivity contribution < 1.29 is 0 Å². The van der Waals surface area contributed by atoms with Gasteiger partial charge in [0, 0.05) is 11.0 Å². The number of rotatable bonds is 3. The first kappa shape index (κ1) is 11.8. The van der Waals surface area contributed by atoms with Crippen LogP contribution in [0.1, 0.15) is 20.8 Å². The molecule has 0 bridgehead atoms. The van der Waals surface area contributed by atoms with E-state index in [9.17, 15) is 0 Å². The maximum absolute atomic E-state index is 6.01. The van der Waals surface area contributed by atoms with Crippen molar-refractivity contribution in [3.05, 3.63) is 30.3 Å². The second kappa shape index (κ2) is 4.96. The van der Waals surface area contributed by atoms with Crippen LogP contribution in [0.3, 0.4) is 0 Å². The van der Waals surface area contributed by atoms with Crippen LogP contribution in [0.25, 0.3) is 0 Å². The Kier molecular flexibility index (Phi) is 4.17. The summed E-state index contributed by atoms with van der Waals surface area (Å²) in [4.78, 5) is 3.63. The Hall–Kier alpha value is -0.313. The van der Waals surface area contributed by atoms with Gasteiger partial charge in [0.05, 0.1) is 0 Å². The van der Waals surface area contributed by atoms with Gasteiger partial charge in [-0.05, 0) is 26.0 Å². The molecule has 1 rings (SSSR count). The van der Waals surface area contributed by atoms with E-state index < -0.39 is 8.96 Å². The normalized spacial score (nSPS) is 14.0. The fraction of sp³-hybridized carbons (Fsp3) is 0.455. The van der Waals surface area contributed by atoms with E-state index in [1.54, 1.807) is 0 Å². The van der Waals surface area contributed by atoms with Gasteiger partial charge >= 0.3 is 0 Å². The van der Waals surface area contributed by atoms with Crippen molar-refractivity contribution in [3.8, 4) is 0 Å². The Balaban J connectivity index is 2.73. The summed E-state index contributed by atoms with van der Waals surface area (Å²) in [6, 6.07) is 10.5. The van der Waals surface area contributed by atoms with Gasteiger partial charge in [0.2, 0.25) is 0 Å². The number of hydrogen-bond donors (Lipinski definition) is 1. The SMILES string of the molecule is CC(C)(C)N[SiH](CCl)c1ccccc1. The van der Waals surface area contributed by atoms with Crippen molar-refractivity contribution in [2.24, 2.45) is 0 Å². The van der Waals surface area contributed by atoms with Crippen molar-refractivity contribution in [2.75, 3.05) is 5.50 Å².